The first-order valence-electron chi connectivity index (χ1n) is 9.52. The number of fused-ring (bicyclic) bond motifs is 2. The topological polar surface area (TPSA) is 73.9 Å². The zero-order valence-corrected chi connectivity index (χ0v) is 16.8. The number of carbonyl (C=O) groups is 2. The van der Waals surface area contributed by atoms with Gasteiger partial charge in [0.05, 0.1) is 0 Å². The van der Waals surface area contributed by atoms with Gasteiger partial charge in [0.25, 0.3) is 5.91 Å². The van der Waals surface area contributed by atoms with E-state index in [9.17, 15) is 9.59 Å². The summed E-state index contributed by atoms with van der Waals surface area (Å²) in [7, 11) is 0. The predicted octanol–water partition coefficient (Wildman–Crippen LogP) is 3.83. The molecule has 2 aromatic rings. The molecule has 148 valence electrons. The van der Waals surface area contributed by atoms with Gasteiger partial charge in [0, 0.05) is 16.6 Å². The van der Waals surface area contributed by atoms with Crippen LogP contribution in [0.1, 0.15) is 40.4 Å². The summed E-state index contributed by atoms with van der Waals surface area (Å²) in [6, 6.07) is 7.10. The zero-order valence-electron chi connectivity index (χ0n) is 15.9. The van der Waals surface area contributed by atoms with Crippen molar-refractivity contribution in [2.24, 2.45) is 5.92 Å². The number of anilines is 1. The Balaban J connectivity index is 1.37. The van der Waals surface area contributed by atoms with E-state index < -0.39 is 12.1 Å². The third-order valence-corrected chi connectivity index (χ3v) is 6.21. The molecule has 2 aliphatic rings. The molecule has 2 heterocycles. The molecule has 2 unspecified atom stereocenters. The number of carbonyl (C=O) groups excluding carboxylic acids is 2. The molecule has 7 heteroatoms. The minimum atomic E-state index is -0.904. The maximum atomic E-state index is 12.5. The summed E-state index contributed by atoms with van der Waals surface area (Å²) >= 11 is 1.48. The number of benzene rings is 1. The second-order valence-corrected chi connectivity index (χ2v) is 8.44. The third kappa shape index (κ3) is 3.99. The monoisotopic (exact) mass is 401 g/mol. The molecule has 1 aliphatic carbocycles. The number of hydrogen-bond acceptors (Lipinski definition) is 6. The van der Waals surface area contributed by atoms with Crippen molar-refractivity contribution in [2.45, 2.75) is 39.2 Å². The molecule has 0 saturated heterocycles. The molecule has 28 heavy (non-hydrogen) atoms. The van der Waals surface area contributed by atoms with E-state index in [1.807, 2.05) is 6.07 Å². The number of nitrogens with one attached hydrogen (secondary N) is 1. The van der Waals surface area contributed by atoms with Gasteiger partial charge in [-0.15, -0.1) is 11.3 Å². The lowest BCUT2D eigenvalue weighted by Gasteiger charge is -2.19. The average molecular weight is 401 g/mol. The first-order valence-corrected chi connectivity index (χ1v) is 10.3. The van der Waals surface area contributed by atoms with Gasteiger partial charge in [-0.3, -0.25) is 4.79 Å². The van der Waals surface area contributed by atoms with Crippen molar-refractivity contribution in [3.63, 3.8) is 0 Å². The third-order valence-electron chi connectivity index (χ3n) is 4.99. The number of hydrogen-bond donors (Lipinski definition) is 1. The molecule has 2 atom stereocenters. The maximum Gasteiger partial charge on any atom is 0.349 e. The second-order valence-electron chi connectivity index (χ2n) is 7.30. The van der Waals surface area contributed by atoms with Crippen LogP contribution in [-0.2, 0) is 22.4 Å². The van der Waals surface area contributed by atoms with Crippen LogP contribution in [0.5, 0.6) is 11.5 Å². The van der Waals surface area contributed by atoms with Crippen LogP contribution in [0.4, 0.5) is 5.69 Å². The molecule has 1 aromatic carbocycles. The SMILES string of the molecule is CC1CCc2sc(C(=O)OC(C)C(=O)Nc3ccc4c(c3)OCCO4)cc2C1. The van der Waals surface area contributed by atoms with Crippen LogP contribution < -0.4 is 14.8 Å². The van der Waals surface area contributed by atoms with Gasteiger partial charge in [0.15, 0.2) is 17.6 Å². The highest BCUT2D eigenvalue weighted by Gasteiger charge is 2.24. The fourth-order valence-corrected chi connectivity index (χ4v) is 4.53. The van der Waals surface area contributed by atoms with Crippen LogP contribution in [0.2, 0.25) is 0 Å². The first kappa shape index (κ1) is 18.8. The molecule has 0 fully saturated rings. The molecule has 1 N–H and O–H groups in total. The predicted molar refractivity (Wildman–Crippen MR) is 106 cm³/mol. The first-order chi connectivity index (χ1) is 13.5. The summed E-state index contributed by atoms with van der Waals surface area (Å²) in [6.45, 7) is 4.78. The Morgan fingerprint density at radius 1 is 1.21 bits per heavy atom. The van der Waals surface area contributed by atoms with Gasteiger partial charge in [0.2, 0.25) is 0 Å². The number of amides is 1. The van der Waals surface area contributed by atoms with Crippen molar-refractivity contribution in [1.29, 1.82) is 0 Å². The van der Waals surface area contributed by atoms with E-state index >= 15 is 0 Å². The van der Waals surface area contributed by atoms with Crippen LogP contribution in [0.25, 0.3) is 0 Å². The Hall–Kier alpha value is -2.54. The standard InChI is InChI=1S/C21H23NO5S/c1-12-3-6-18-14(9-12)10-19(28-18)21(24)27-13(2)20(23)22-15-4-5-16-17(11-15)26-8-7-25-16/h4-5,10-13H,3,6-9H2,1-2H3,(H,22,23). The van der Waals surface area contributed by atoms with E-state index in [1.54, 1.807) is 25.1 Å². The molecule has 0 radical (unpaired) electrons. The van der Waals surface area contributed by atoms with Gasteiger partial charge < -0.3 is 19.5 Å². The summed E-state index contributed by atoms with van der Waals surface area (Å²) < 4.78 is 16.4. The summed E-state index contributed by atoms with van der Waals surface area (Å²) in [5.74, 6) is 1.05. The summed E-state index contributed by atoms with van der Waals surface area (Å²) in [5, 5.41) is 2.76. The van der Waals surface area contributed by atoms with Gasteiger partial charge in [-0.1, -0.05) is 6.92 Å². The molecule has 4 rings (SSSR count). The quantitative estimate of drug-likeness (QED) is 0.789. The second kappa shape index (κ2) is 7.83. The van der Waals surface area contributed by atoms with Crippen LogP contribution in [0.3, 0.4) is 0 Å². The van der Waals surface area contributed by atoms with E-state index in [0.717, 1.165) is 19.3 Å². The lowest BCUT2D eigenvalue weighted by molar-refractivity contribution is -0.123. The van der Waals surface area contributed by atoms with Crippen molar-refractivity contribution < 1.29 is 23.8 Å². The van der Waals surface area contributed by atoms with Gasteiger partial charge in [-0.2, -0.15) is 0 Å². The molecular weight excluding hydrogens is 378 g/mol. The van der Waals surface area contributed by atoms with E-state index in [0.29, 0.717) is 41.2 Å². The molecule has 6 nitrogen and oxygen atoms in total. The zero-order chi connectivity index (χ0) is 19.7. The fraction of sp³-hybridized carbons (Fsp3) is 0.429. The van der Waals surface area contributed by atoms with E-state index in [4.69, 9.17) is 14.2 Å². The number of esters is 1. The average Bonchev–Trinajstić information content (AvgIpc) is 3.11. The Bertz CT molecular complexity index is 906. The number of ether oxygens (including phenoxy) is 3. The smallest absolute Gasteiger partial charge is 0.349 e. The van der Waals surface area contributed by atoms with Crippen molar-refractivity contribution >= 4 is 28.9 Å². The van der Waals surface area contributed by atoms with Crippen LogP contribution in [-0.4, -0.2) is 31.2 Å². The minimum absolute atomic E-state index is 0.389. The maximum absolute atomic E-state index is 12.5. The van der Waals surface area contributed by atoms with Crippen molar-refractivity contribution in [3.05, 3.63) is 39.6 Å². The highest BCUT2D eigenvalue weighted by Crippen LogP contribution is 2.34. The van der Waals surface area contributed by atoms with E-state index in [1.165, 1.54) is 21.8 Å². The number of thiophene rings is 1. The molecule has 1 aliphatic heterocycles. The van der Waals surface area contributed by atoms with E-state index in [-0.39, 0.29) is 5.91 Å². The molecule has 0 saturated carbocycles. The molecule has 1 aromatic heterocycles. The Kier molecular flexibility index (Phi) is 5.26. The molecule has 0 spiro atoms. The van der Waals surface area contributed by atoms with Gasteiger partial charge in [0.1, 0.15) is 18.1 Å². The lowest BCUT2D eigenvalue weighted by Crippen LogP contribution is -2.29. The molecule has 1 amide bonds. The Labute approximate surface area is 167 Å². The molecular formula is C21H23NO5S. The molecule has 0 bridgehead atoms. The summed E-state index contributed by atoms with van der Waals surface area (Å²) in [4.78, 5) is 26.7. The van der Waals surface area contributed by atoms with Crippen LogP contribution in [0.15, 0.2) is 24.3 Å². The summed E-state index contributed by atoms with van der Waals surface area (Å²) in [6.07, 6.45) is 2.25. The number of rotatable bonds is 4. The minimum Gasteiger partial charge on any atom is -0.486 e. The van der Waals surface area contributed by atoms with Crippen LogP contribution >= 0.6 is 11.3 Å². The largest absolute Gasteiger partial charge is 0.486 e. The Morgan fingerprint density at radius 2 is 2.00 bits per heavy atom. The van der Waals surface area contributed by atoms with Gasteiger partial charge in [-0.05, 0) is 55.9 Å². The lowest BCUT2D eigenvalue weighted by atomic mass is 9.90. The highest BCUT2D eigenvalue weighted by molar-refractivity contribution is 7.14. The highest BCUT2D eigenvalue weighted by atomic mass is 32.1. The van der Waals surface area contributed by atoms with Gasteiger partial charge in [-0.25, -0.2) is 4.79 Å². The normalized spacial score (nSPS) is 18.7. The van der Waals surface area contributed by atoms with Crippen molar-refractivity contribution in [1.82, 2.24) is 0 Å². The number of aryl methyl sites for hydroxylation is 1. The van der Waals surface area contributed by atoms with E-state index in [2.05, 4.69) is 12.2 Å². The van der Waals surface area contributed by atoms with Crippen LogP contribution in [0, 0.1) is 5.92 Å². The fourth-order valence-electron chi connectivity index (χ4n) is 3.44. The van der Waals surface area contributed by atoms with Gasteiger partial charge >= 0.3 is 5.97 Å². The Morgan fingerprint density at radius 3 is 2.82 bits per heavy atom. The van der Waals surface area contributed by atoms with Crippen molar-refractivity contribution in [3.8, 4) is 11.5 Å². The van der Waals surface area contributed by atoms with Crippen molar-refractivity contribution in [2.75, 3.05) is 18.5 Å². The summed E-state index contributed by atoms with van der Waals surface area (Å²) in [5.41, 5.74) is 1.81.